The molecule has 0 unspecified atom stereocenters. The third-order valence-electron chi connectivity index (χ3n) is 6.18. The fraction of sp³-hybridized carbons (Fsp3) is 0.650. The zero-order valence-corrected chi connectivity index (χ0v) is 16.4. The summed E-state index contributed by atoms with van der Waals surface area (Å²) in [6, 6.07) is 2.65. The Labute approximate surface area is 161 Å². The van der Waals surface area contributed by atoms with Gasteiger partial charge >= 0.3 is 0 Å². The van der Waals surface area contributed by atoms with Crippen molar-refractivity contribution >= 4 is 30.2 Å². The second-order valence-corrected chi connectivity index (χ2v) is 8.77. The number of amides is 1. The van der Waals surface area contributed by atoms with Crippen molar-refractivity contribution in [1.29, 1.82) is 0 Å². The molecule has 2 N–H and O–H groups in total. The maximum absolute atomic E-state index is 12.7. The van der Waals surface area contributed by atoms with E-state index in [4.69, 9.17) is 0 Å². The molecule has 1 amide bonds. The predicted octanol–water partition coefficient (Wildman–Crippen LogP) is 1.57. The molecular weight excluding hydrogens is 339 g/mol. The summed E-state index contributed by atoms with van der Waals surface area (Å²) in [6.45, 7) is 3.75. The molecule has 1 aliphatic heterocycles. The molecule has 0 spiro atoms. The SMILES string of the molecule is CN(C1=Nc2ncc(C(=O)NC3CCC(C(C)(C)O)CC3)cc2[B]1)C1CC1. The molecule has 6 nitrogen and oxygen atoms in total. The predicted molar refractivity (Wildman–Crippen MR) is 107 cm³/mol. The summed E-state index contributed by atoms with van der Waals surface area (Å²) < 4.78 is 0. The minimum Gasteiger partial charge on any atom is -0.390 e. The third-order valence-corrected chi connectivity index (χ3v) is 6.18. The van der Waals surface area contributed by atoms with Crippen LogP contribution < -0.4 is 10.8 Å². The van der Waals surface area contributed by atoms with E-state index in [-0.39, 0.29) is 11.9 Å². The molecule has 1 aromatic heterocycles. The molecule has 1 radical (unpaired) electrons. The van der Waals surface area contributed by atoms with Crippen LogP contribution in [0, 0.1) is 5.92 Å². The number of nitrogens with one attached hydrogen (secondary N) is 1. The first-order chi connectivity index (χ1) is 12.8. The number of nitrogens with zero attached hydrogens (tertiary/aromatic N) is 3. The van der Waals surface area contributed by atoms with Gasteiger partial charge in [0.25, 0.3) is 5.91 Å². The molecule has 27 heavy (non-hydrogen) atoms. The van der Waals surface area contributed by atoms with Gasteiger partial charge in [0.2, 0.25) is 7.28 Å². The summed E-state index contributed by atoms with van der Waals surface area (Å²) in [5, 5.41) is 13.3. The standard InChI is InChI=1S/C20H28BN4O2/c1-20(2,27)13-4-6-14(7-5-13)23-18(26)12-10-16-17(22-11-12)24-19(21-16)25(3)15-8-9-15/h10-11,13-15,27H,4-9H2,1-3H3,(H,23,26). The molecule has 0 saturated heterocycles. The van der Waals surface area contributed by atoms with Gasteiger partial charge in [-0.15, -0.1) is 0 Å². The van der Waals surface area contributed by atoms with Gasteiger partial charge in [-0.25, -0.2) is 9.98 Å². The Morgan fingerprint density at radius 2 is 1.96 bits per heavy atom. The lowest BCUT2D eigenvalue weighted by molar-refractivity contribution is -0.00257. The number of aliphatic imine (C=N–C) groups is 1. The molecule has 2 heterocycles. The summed E-state index contributed by atoms with van der Waals surface area (Å²) in [7, 11) is 4.09. The topological polar surface area (TPSA) is 77.8 Å². The zero-order valence-electron chi connectivity index (χ0n) is 16.4. The lowest BCUT2D eigenvalue weighted by atomic mass is 9.70. The van der Waals surface area contributed by atoms with Gasteiger partial charge in [0.15, 0.2) is 0 Å². The van der Waals surface area contributed by atoms with Crippen LogP contribution in [0.2, 0.25) is 0 Å². The molecule has 4 rings (SSSR count). The normalized spacial score (nSPS) is 24.7. The van der Waals surface area contributed by atoms with Crippen LogP contribution in [0.1, 0.15) is 62.7 Å². The van der Waals surface area contributed by atoms with Gasteiger partial charge in [0.1, 0.15) is 5.82 Å². The molecule has 2 saturated carbocycles. The Morgan fingerprint density at radius 3 is 2.59 bits per heavy atom. The highest BCUT2D eigenvalue weighted by Crippen LogP contribution is 2.32. The Hall–Kier alpha value is -1.89. The zero-order chi connectivity index (χ0) is 19.2. The Balaban J connectivity index is 1.35. The molecule has 3 aliphatic rings. The first-order valence-electron chi connectivity index (χ1n) is 10.0. The summed E-state index contributed by atoms with van der Waals surface area (Å²) >= 11 is 0. The number of pyridine rings is 1. The number of carbonyl (C=O) groups is 1. The van der Waals surface area contributed by atoms with Crippen molar-refractivity contribution < 1.29 is 9.90 Å². The Morgan fingerprint density at radius 1 is 1.26 bits per heavy atom. The quantitative estimate of drug-likeness (QED) is 0.792. The van der Waals surface area contributed by atoms with E-state index in [9.17, 15) is 9.90 Å². The van der Waals surface area contributed by atoms with Gasteiger partial charge in [-0.05, 0) is 69.8 Å². The monoisotopic (exact) mass is 367 g/mol. The molecule has 1 aromatic rings. The number of carbonyl (C=O) groups excluding carboxylic acids is 1. The maximum atomic E-state index is 12.7. The van der Waals surface area contributed by atoms with E-state index in [0.717, 1.165) is 36.9 Å². The van der Waals surface area contributed by atoms with Crippen LogP contribution in [0.4, 0.5) is 5.82 Å². The summed E-state index contributed by atoms with van der Waals surface area (Å²) in [5.41, 5.74) is 1.79. The van der Waals surface area contributed by atoms with Crippen molar-refractivity contribution in [1.82, 2.24) is 15.2 Å². The number of aromatic nitrogens is 1. The number of hydrogen-bond donors (Lipinski definition) is 2. The second-order valence-electron chi connectivity index (χ2n) is 8.77. The van der Waals surface area contributed by atoms with E-state index in [2.05, 4.69) is 27.2 Å². The van der Waals surface area contributed by atoms with Crippen molar-refractivity contribution in [2.45, 2.75) is 70.1 Å². The first-order valence-corrected chi connectivity index (χ1v) is 10.0. The average Bonchev–Trinajstić information content (AvgIpc) is 3.39. The molecule has 0 atom stereocenters. The van der Waals surface area contributed by atoms with Crippen molar-refractivity contribution in [2.75, 3.05) is 7.05 Å². The molecule has 0 aromatic carbocycles. The maximum Gasteiger partial charge on any atom is 0.253 e. The number of amidine groups is 1. The molecular formula is C20H28BN4O2. The lowest BCUT2D eigenvalue weighted by Gasteiger charge is -2.36. The Bertz CT molecular complexity index is 762. The highest BCUT2D eigenvalue weighted by Gasteiger charge is 2.33. The second kappa shape index (κ2) is 6.93. The summed E-state index contributed by atoms with van der Waals surface area (Å²) in [6.07, 6.45) is 7.75. The van der Waals surface area contributed by atoms with Gasteiger partial charge in [-0.1, -0.05) is 0 Å². The lowest BCUT2D eigenvalue weighted by Crippen LogP contribution is -2.42. The van der Waals surface area contributed by atoms with Crippen LogP contribution in [-0.4, -0.2) is 58.6 Å². The van der Waals surface area contributed by atoms with E-state index >= 15 is 0 Å². The van der Waals surface area contributed by atoms with Gasteiger partial charge < -0.3 is 15.3 Å². The van der Waals surface area contributed by atoms with Gasteiger partial charge in [-0.2, -0.15) is 0 Å². The van der Waals surface area contributed by atoms with E-state index in [1.807, 2.05) is 27.2 Å². The van der Waals surface area contributed by atoms with E-state index in [1.165, 1.54) is 12.8 Å². The number of hydrogen-bond acceptors (Lipinski definition) is 5. The minimum atomic E-state index is -0.639. The number of fused-ring (bicyclic) bond motifs is 1. The smallest absolute Gasteiger partial charge is 0.253 e. The van der Waals surface area contributed by atoms with E-state index in [0.29, 0.717) is 23.3 Å². The van der Waals surface area contributed by atoms with E-state index < -0.39 is 5.60 Å². The van der Waals surface area contributed by atoms with Crippen LogP contribution in [0.25, 0.3) is 0 Å². The van der Waals surface area contributed by atoms with Gasteiger partial charge in [-0.3, -0.25) is 4.79 Å². The third kappa shape index (κ3) is 4.03. The fourth-order valence-electron chi connectivity index (χ4n) is 4.12. The summed E-state index contributed by atoms with van der Waals surface area (Å²) in [5.74, 6) is 0.926. The van der Waals surface area contributed by atoms with Crippen LogP contribution in [0.3, 0.4) is 0 Å². The molecule has 7 heteroatoms. The van der Waals surface area contributed by atoms with Crippen LogP contribution in [0.15, 0.2) is 17.3 Å². The van der Waals surface area contributed by atoms with Crippen molar-refractivity contribution in [3.63, 3.8) is 0 Å². The molecule has 2 fully saturated rings. The van der Waals surface area contributed by atoms with Crippen molar-refractivity contribution in [2.24, 2.45) is 10.9 Å². The average molecular weight is 367 g/mol. The first kappa shape index (κ1) is 18.5. The minimum absolute atomic E-state index is 0.0746. The van der Waals surface area contributed by atoms with Crippen LogP contribution >= 0.6 is 0 Å². The molecule has 0 bridgehead atoms. The summed E-state index contributed by atoms with van der Waals surface area (Å²) in [4.78, 5) is 23.8. The largest absolute Gasteiger partial charge is 0.390 e. The number of aliphatic hydroxyl groups is 1. The van der Waals surface area contributed by atoms with Crippen molar-refractivity contribution in [3.05, 3.63) is 17.8 Å². The van der Waals surface area contributed by atoms with Crippen LogP contribution in [-0.2, 0) is 0 Å². The Kier molecular flexibility index (Phi) is 4.74. The number of rotatable bonds is 4. The van der Waals surface area contributed by atoms with E-state index in [1.54, 1.807) is 6.20 Å². The molecule has 143 valence electrons. The molecule has 2 aliphatic carbocycles. The van der Waals surface area contributed by atoms with Crippen molar-refractivity contribution in [3.8, 4) is 0 Å². The van der Waals surface area contributed by atoms with Gasteiger partial charge in [0, 0.05) is 25.3 Å². The highest BCUT2D eigenvalue weighted by atomic mass is 16.3. The highest BCUT2D eigenvalue weighted by molar-refractivity contribution is 6.87. The van der Waals surface area contributed by atoms with Crippen LogP contribution in [0.5, 0.6) is 0 Å². The van der Waals surface area contributed by atoms with Gasteiger partial charge in [0.05, 0.1) is 16.9 Å². The fourth-order valence-corrected chi connectivity index (χ4v) is 4.12.